The van der Waals surface area contributed by atoms with Crippen LogP contribution in [-0.2, 0) is 4.74 Å². The summed E-state index contributed by atoms with van der Waals surface area (Å²) in [6, 6.07) is 3.81. The van der Waals surface area contributed by atoms with Crippen LogP contribution in [-0.4, -0.2) is 36.7 Å². The monoisotopic (exact) mass is 257 g/mol. The van der Waals surface area contributed by atoms with Crippen LogP contribution < -0.4 is 0 Å². The number of halogens is 1. The van der Waals surface area contributed by atoms with Crippen LogP contribution in [0, 0.1) is 0 Å². The average Bonchev–Trinajstić information content (AvgIpc) is 2.78. The predicted octanol–water partition coefficient (Wildman–Crippen LogP) is 3.06. The summed E-state index contributed by atoms with van der Waals surface area (Å²) in [6.45, 7) is 7.21. The zero-order chi connectivity index (χ0) is 12.3. The number of ether oxygens (including phenoxy) is 1. The molecule has 0 radical (unpaired) electrons. The van der Waals surface area contributed by atoms with Gasteiger partial charge < -0.3 is 9.15 Å². The molecule has 0 aliphatic carbocycles. The molecule has 1 saturated heterocycles. The highest BCUT2D eigenvalue weighted by Crippen LogP contribution is 2.25. The van der Waals surface area contributed by atoms with Gasteiger partial charge in [-0.3, -0.25) is 4.90 Å². The topological polar surface area (TPSA) is 25.6 Å². The van der Waals surface area contributed by atoms with E-state index in [-0.39, 0.29) is 5.38 Å². The minimum atomic E-state index is -0.0292. The molecule has 0 saturated carbocycles. The van der Waals surface area contributed by atoms with Gasteiger partial charge in [-0.1, -0.05) is 0 Å². The minimum Gasteiger partial charge on any atom is -0.468 e. The lowest BCUT2D eigenvalue weighted by Gasteiger charge is -2.35. The molecule has 4 heteroatoms. The van der Waals surface area contributed by atoms with Crippen molar-refractivity contribution in [2.24, 2.45) is 0 Å². The lowest BCUT2D eigenvalue weighted by molar-refractivity contribution is -0.0681. The molecule has 96 valence electrons. The number of rotatable bonds is 4. The van der Waals surface area contributed by atoms with Gasteiger partial charge in [0.15, 0.2) is 0 Å². The molecule has 1 aromatic rings. The van der Waals surface area contributed by atoms with E-state index < -0.39 is 0 Å². The first-order valence-corrected chi connectivity index (χ1v) is 6.64. The molecule has 0 bridgehead atoms. The van der Waals surface area contributed by atoms with Crippen LogP contribution in [0.2, 0.25) is 0 Å². The van der Waals surface area contributed by atoms with Crippen molar-refractivity contribution >= 4 is 11.6 Å². The second-order valence-electron chi connectivity index (χ2n) is 4.79. The summed E-state index contributed by atoms with van der Waals surface area (Å²) in [5.41, 5.74) is 0. The standard InChI is InChI=1S/C13H20ClNO2/c1-10-8-15(9-11(2)17-10)6-5-12(14)13-4-3-7-16-13/h3-4,7,10-12H,5-6,8-9H2,1-2H3. The lowest BCUT2D eigenvalue weighted by Crippen LogP contribution is -2.45. The van der Waals surface area contributed by atoms with E-state index in [1.165, 1.54) is 0 Å². The Balaban J connectivity index is 1.78. The largest absolute Gasteiger partial charge is 0.468 e. The van der Waals surface area contributed by atoms with E-state index in [1.54, 1.807) is 6.26 Å². The maximum Gasteiger partial charge on any atom is 0.121 e. The zero-order valence-corrected chi connectivity index (χ0v) is 11.2. The van der Waals surface area contributed by atoms with Crippen molar-refractivity contribution in [1.29, 1.82) is 0 Å². The molecule has 0 amide bonds. The molecular formula is C13H20ClNO2. The summed E-state index contributed by atoms with van der Waals surface area (Å²) in [5, 5.41) is -0.0292. The van der Waals surface area contributed by atoms with E-state index in [1.807, 2.05) is 12.1 Å². The number of morpholine rings is 1. The van der Waals surface area contributed by atoms with Gasteiger partial charge in [-0.15, -0.1) is 11.6 Å². The number of hydrogen-bond donors (Lipinski definition) is 0. The van der Waals surface area contributed by atoms with Gasteiger partial charge >= 0.3 is 0 Å². The van der Waals surface area contributed by atoms with E-state index in [0.717, 1.165) is 31.8 Å². The van der Waals surface area contributed by atoms with Crippen molar-refractivity contribution < 1.29 is 9.15 Å². The first kappa shape index (κ1) is 12.9. The molecule has 1 fully saturated rings. The number of nitrogens with zero attached hydrogens (tertiary/aromatic N) is 1. The van der Waals surface area contributed by atoms with Gasteiger partial charge in [0.05, 0.1) is 23.8 Å². The predicted molar refractivity (Wildman–Crippen MR) is 68.4 cm³/mol. The molecule has 0 spiro atoms. The summed E-state index contributed by atoms with van der Waals surface area (Å²) in [5.74, 6) is 0.862. The number of hydrogen-bond acceptors (Lipinski definition) is 3. The second kappa shape index (κ2) is 5.89. The highest BCUT2D eigenvalue weighted by atomic mass is 35.5. The highest BCUT2D eigenvalue weighted by molar-refractivity contribution is 6.20. The van der Waals surface area contributed by atoms with Crippen molar-refractivity contribution in [2.45, 2.75) is 37.9 Å². The van der Waals surface area contributed by atoms with Crippen molar-refractivity contribution in [1.82, 2.24) is 4.90 Å². The van der Waals surface area contributed by atoms with Gasteiger partial charge in [-0.2, -0.15) is 0 Å². The van der Waals surface area contributed by atoms with E-state index in [4.69, 9.17) is 20.8 Å². The first-order valence-electron chi connectivity index (χ1n) is 6.20. The molecule has 2 heterocycles. The van der Waals surface area contributed by atoms with E-state index in [0.29, 0.717) is 12.2 Å². The Bertz CT molecular complexity index is 318. The van der Waals surface area contributed by atoms with Crippen LogP contribution in [0.25, 0.3) is 0 Å². The third kappa shape index (κ3) is 3.73. The summed E-state index contributed by atoms with van der Waals surface area (Å²) in [7, 11) is 0. The Labute approximate surface area is 108 Å². The number of furan rings is 1. The number of alkyl halides is 1. The summed E-state index contributed by atoms with van der Waals surface area (Å²) < 4.78 is 11.0. The molecule has 0 N–H and O–H groups in total. The SMILES string of the molecule is CC1CN(CCC(Cl)c2ccco2)CC(C)O1. The second-order valence-corrected chi connectivity index (χ2v) is 5.32. The van der Waals surface area contributed by atoms with Gasteiger partial charge in [0, 0.05) is 19.6 Å². The third-order valence-corrected chi connectivity index (χ3v) is 3.48. The fraction of sp³-hybridized carbons (Fsp3) is 0.692. The highest BCUT2D eigenvalue weighted by Gasteiger charge is 2.22. The van der Waals surface area contributed by atoms with Gasteiger partial charge in [0.2, 0.25) is 0 Å². The smallest absolute Gasteiger partial charge is 0.121 e. The van der Waals surface area contributed by atoms with Crippen LogP contribution in [0.5, 0.6) is 0 Å². The van der Waals surface area contributed by atoms with E-state index in [9.17, 15) is 0 Å². The molecule has 3 atom stereocenters. The van der Waals surface area contributed by atoms with Crippen molar-refractivity contribution in [3.05, 3.63) is 24.2 Å². The Hall–Kier alpha value is -0.510. The quantitative estimate of drug-likeness (QED) is 0.776. The third-order valence-electron chi connectivity index (χ3n) is 3.05. The summed E-state index contributed by atoms with van der Waals surface area (Å²) in [4.78, 5) is 2.41. The van der Waals surface area contributed by atoms with Crippen LogP contribution in [0.4, 0.5) is 0 Å². The Kier molecular flexibility index (Phi) is 4.48. The average molecular weight is 258 g/mol. The van der Waals surface area contributed by atoms with Crippen molar-refractivity contribution in [2.75, 3.05) is 19.6 Å². The molecule has 1 aromatic heterocycles. The van der Waals surface area contributed by atoms with Gasteiger partial charge in [-0.05, 0) is 32.4 Å². The van der Waals surface area contributed by atoms with Crippen LogP contribution in [0.3, 0.4) is 0 Å². The molecule has 2 rings (SSSR count). The van der Waals surface area contributed by atoms with Crippen LogP contribution in [0.1, 0.15) is 31.4 Å². The van der Waals surface area contributed by atoms with Crippen molar-refractivity contribution in [3.63, 3.8) is 0 Å². The van der Waals surface area contributed by atoms with Crippen molar-refractivity contribution in [3.8, 4) is 0 Å². The fourth-order valence-corrected chi connectivity index (χ4v) is 2.60. The van der Waals surface area contributed by atoms with Crippen LogP contribution >= 0.6 is 11.6 Å². The fourth-order valence-electron chi connectivity index (χ4n) is 2.37. The first-order chi connectivity index (χ1) is 8.15. The van der Waals surface area contributed by atoms with E-state index in [2.05, 4.69) is 18.7 Å². The maximum absolute atomic E-state index is 6.29. The molecule has 1 aliphatic rings. The summed E-state index contributed by atoms with van der Waals surface area (Å²) >= 11 is 6.29. The molecule has 17 heavy (non-hydrogen) atoms. The normalized spacial score (nSPS) is 28.2. The zero-order valence-electron chi connectivity index (χ0n) is 10.4. The maximum atomic E-state index is 6.29. The van der Waals surface area contributed by atoms with Gasteiger partial charge in [0.1, 0.15) is 5.76 Å². The Morgan fingerprint density at radius 2 is 2.12 bits per heavy atom. The van der Waals surface area contributed by atoms with E-state index >= 15 is 0 Å². The molecule has 1 aliphatic heterocycles. The summed E-state index contributed by atoms with van der Waals surface area (Å²) in [6.07, 6.45) is 3.21. The van der Waals surface area contributed by atoms with Crippen LogP contribution in [0.15, 0.2) is 22.8 Å². The minimum absolute atomic E-state index is 0.0292. The lowest BCUT2D eigenvalue weighted by atomic mass is 10.2. The Morgan fingerprint density at radius 1 is 1.41 bits per heavy atom. The molecule has 0 aromatic carbocycles. The molecular weight excluding hydrogens is 238 g/mol. The molecule has 3 nitrogen and oxygen atoms in total. The molecule has 3 unspecified atom stereocenters. The van der Waals surface area contributed by atoms with Gasteiger partial charge in [-0.25, -0.2) is 0 Å². The Morgan fingerprint density at radius 3 is 2.71 bits per heavy atom. The van der Waals surface area contributed by atoms with Gasteiger partial charge in [0.25, 0.3) is 0 Å².